The molecule has 13 heavy (non-hydrogen) atoms. The average molecular weight is 268 g/mol. The molecule has 1 aromatic rings. The van der Waals surface area contributed by atoms with Crippen molar-refractivity contribution in [1.82, 2.24) is 13.5 Å². The predicted octanol–water partition coefficient (Wildman–Crippen LogP) is 0.609. The molecule has 1 aromatic heterocycles. The van der Waals surface area contributed by atoms with E-state index in [-0.39, 0.29) is 0 Å². The second kappa shape index (κ2) is 3.39. The molecule has 0 aromatic carbocycles. The Balaban J connectivity index is 3.24. The lowest BCUT2D eigenvalue weighted by molar-refractivity contribution is 0.503. The van der Waals surface area contributed by atoms with E-state index in [0.717, 1.165) is 8.39 Å². The van der Waals surface area contributed by atoms with Crippen LogP contribution in [0.15, 0.2) is 10.7 Å². The number of rotatable bonds is 2. The molecule has 0 saturated heterocycles. The van der Waals surface area contributed by atoms with Crippen LogP contribution in [-0.4, -0.2) is 36.0 Å². The number of aromatic nitrogens is 2. The van der Waals surface area contributed by atoms with Gasteiger partial charge in [0.15, 0.2) is 0 Å². The van der Waals surface area contributed by atoms with Crippen molar-refractivity contribution in [3.8, 4) is 0 Å². The zero-order chi connectivity index (χ0) is 10.2. The molecule has 0 spiro atoms. The van der Waals surface area contributed by atoms with E-state index in [1.54, 1.807) is 6.92 Å². The zero-order valence-corrected chi connectivity index (χ0v) is 9.92. The van der Waals surface area contributed by atoms with Crippen molar-refractivity contribution < 1.29 is 8.42 Å². The molecule has 0 saturated carbocycles. The SMILES string of the molecule is Cc1nn(S(=O)(=O)N(C)C)cc1Br. The molecule has 0 radical (unpaired) electrons. The Labute approximate surface area is 85.7 Å². The van der Waals surface area contributed by atoms with Crippen LogP contribution < -0.4 is 0 Å². The van der Waals surface area contributed by atoms with Crippen LogP contribution in [0, 0.1) is 6.92 Å². The number of aryl methyl sites for hydroxylation is 1. The maximum atomic E-state index is 11.5. The van der Waals surface area contributed by atoms with Crippen molar-refractivity contribution in [3.63, 3.8) is 0 Å². The number of hydrogen-bond donors (Lipinski definition) is 0. The molecular weight excluding hydrogens is 258 g/mol. The quantitative estimate of drug-likeness (QED) is 0.789. The predicted molar refractivity (Wildman–Crippen MR) is 52.7 cm³/mol. The molecule has 0 atom stereocenters. The van der Waals surface area contributed by atoms with E-state index >= 15 is 0 Å². The Morgan fingerprint density at radius 1 is 1.54 bits per heavy atom. The molecule has 0 N–H and O–H groups in total. The van der Waals surface area contributed by atoms with E-state index < -0.39 is 10.2 Å². The van der Waals surface area contributed by atoms with Gasteiger partial charge in [-0.2, -0.15) is 21.9 Å². The van der Waals surface area contributed by atoms with Gasteiger partial charge in [0, 0.05) is 14.1 Å². The number of nitrogens with zero attached hydrogens (tertiary/aromatic N) is 3. The smallest absolute Gasteiger partial charge is 0.189 e. The first kappa shape index (κ1) is 10.7. The molecule has 0 bridgehead atoms. The minimum atomic E-state index is -3.47. The van der Waals surface area contributed by atoms with Gasteiger partial charge in [-0.05, 0) is 22.9 Å². The van der Waals surface area contributed by atoms with Crippen molar-refractivity contribution in [2.45, 2.75) is 6.92 Å². The van der Waals surface area contributed by atoms with Gasteiger partial charge in [0.25, 0.3) is 0 Å². The largest absolute Gasteiger partial charge is 0.322 e. The Bertz CT molecular complexity index is 390. The molecule has 1 rings (SSSR count). The highest BCUT2D eigenvalue weighted by molar-refractivity contribution is 9.10. The minimum Gasteiger partial charge on any atom is -0.189 e. The first-order chi connectivity index (χ1) is 5.85. The van der Waals surface area contributed by atoms with Gasteiger partial charge < -0.3 is 0 Å². The summed E-state index contributed by atoms with van der Waals surface area (Å²) in [5.74, 6) is 0. The summed E-state index contributed by atoms with van der Waals surface area (Å²) in [5, 5.41) is 3.84. The molecule has 0 aliphatic rings. The van der Waals surface area contributed by atoms with Crippen LogP contribution in [0.1, 0.15) is 5.69 Å². The van der Waals surface area contributed by atoms with Gasteiger partial charge in [0.1, 0.15) is 0 Å². The Morgan fingerprint density at radius 3 is 2.38 bits per heavy atom. The van der Waals surface area contributed by atoms with Gasteiger partial charge in [-0.1, -0.05) is 0 Å². The Kier molecular flexibility index (Phi) is 2.79. The van der Waals surface area contributed by atoms with Gasteiger partial charge in [-0.25, -0.2) is 0 Å². The van der Waals surface area contributed by atoms with E-state index in [0.29, 0.717) is 10.2 Å². The first-order valence-corrected chi connectivity index (χ1v) is 5.69. The van der Waals surface area contributed by atoms with Crippen molar-refractivity contribution in [2.75, 3.05) is 14.1 Å². The second-order valence-electron chi connectivity index (χ2n) is 2.73. The third-order valence-corrected chi connectivity index (χ3v) is 3.88. The standard InChI is InChI=1S/C6H10BrN3O2S/c1-5-6(7)4-10(8-5)13(11,12)9(2)3/h4H,1-3H3. The lowest BCUT2D eigenvalue weighted by Crippen LogP contribution is -2.29. The molecule has 0 unspecified atom stereocenters. The maximum absolute atomic E-state index is 11.5. The van der Waals surface area contributed by atoms with Crippen LogP contribution in [-0.2, 0) is 10.2 Å². The molecular formula is C6H10BrN3O2S. The van der Waals surface area contributed by atoms with Crippen molar-refractivity contribution in [2.24, 2.45) is 0 Å². The van der Waals surface area contributed by atoms with E-state index in [4.69, 9.17) is 0 Å². The summed E-state index contributed by atoms with van der Waals surface area (Å²) >= 11 is 3.19. The molecule has 0 aliphatic carbocycles. The fourth-order valence-corrected chi connectivity index (χ4v) is 1.91. The number of halogens is 1. The minimum absolute atomic E-state index is 0.644. The molecule has 1 heterocycles. The average Bonchev–Trinajstić information content (AvgIpc) is 2.32. The number of hydrogen-bond acceptors (Lipinski definition) is 3. The van der Waals surface area contributed by atoms with Crippen LogP contribution >= 0.6 is 15.9 Å². The van der Waals surface area contributed by atoms with Gasteiger partial charge in [0.2, 0.25) is 0 Å². The second-order valence-corrected chi connectivity index (χ2v) is 5.58. The summed E-state index contributed by atoms with van der Waals surface area (Å²) in [6.07, 6.45) is 1.42. The lowest BCUT2D eigenvalue weighted by Gasteiger charge is -2.09. The highest BCUT2D eigenvalue weighted by Gasteiger charge is 2.18. The van der Waals surface area contributed by atoms with E-state index in [2.05, 4.69) is 21.0 Å². The van der Waals surface area contributed by atoms with Crippen LogP contribution in [0.3, 0.4) is 0 Å². The third-order valence-electron chi connectivity index (χ3n) is 1.52. The molecule has 74 valence electrons. The van der Waals surface area contributed by atoms with Gasteiger partial charge in [0.05, 0.1) is 16.4 Å². The molecule has 0 fully saturated rings. The molecule has 0 amide bonds. The van der Waals surface area contributed by atoms with Crippen LogP contribution in [0.25, 0.3) is 0 Å². The fourth-order valence-electron chi connectivity index (χ4n) is 0.700. The van der Waals surface area contributed by atoms with Gasteiger partial charge >= 0.3 is 10.2 Å². The summed E-state index contributed by atoms with van der Waals surface area (Å²) in [5.41, 5.74) is 0.644. The van der Waals surface area contributed by atoms with Crippen LogP contribution in [0.5, 0.6) is 0 Å². The lowest BCUT2D eigenvalue weighted by atomic mass is 10.5. The molecule has 7 heteroatoms. The van der Waals surface area contributed by atoms with E-state index in [1.165, 1.54) is 20.3 Å². The highest BCUT2D eigenvalue weighted by atomic mass is 79.9. The fraction of sp³-hybridized carbons (Fsp3) is 0.500. The summed E-state index contributed by atoms with van der Waals surface area (Å²) in [4.78, 5) is 0. The normalized spacial score (nSPS) is 12.4. The van der Waals surface area contributed by atoms with E-state index in [9.17, 15) is 8.42 Å². The van der Waals surface area contributed by atoms with Gasteiger partial charge in [-0.3, -0.25) is 0 Å². The summed E-state index contributed by atoms with van der Waals surface area (Å²) in [6.45, 7) is 1.73. The molecule has 0 aliphatic heterocycles. The monoisotopic (exact) mass is 267 g/mol. The zero-order valence-electron chi connectivity index (χ0n) is 7.52. The summed E-state index contributed by atoms with van der Waals surface area (Å²) in [6, 6.07) is 0. The summed E-state index contributed by atoms with van der Waals surface area (Å²) < 4.78 is 25.7. The van der Waals surface area contributed by atoms with E-state index in [1.807, 2.05) is 0 Å². The van der Waals surface area contributed by atoms with Crippen molar-refractivity contribution in [3.05, 3.63) is 16.4 Å². The third kappa shape index (κ3) is 1.92. The summed E-state index contributed by atoms with van der Waals surface area (Å²) in [7, 11) is -0.553. The van der Waals surface area contributed by atoms with Crippen LogP contribution in [0.2, 0.25) is 0 Å². The maximum Gasteiger partial charge on any atom is 0.322 e. The Morgan fingerprint density at radius 2 is 2.08 bits per heavy atom. The van der Waals surface area contributed by atoms with Gasteiger partial charge in [-0.15, -0.1) is 0 Å². The molecule has 5 nitrogen and oxygen atoms in total. The Hall–Kier alpha value is -0.400. The highest BCUT2D eigenvalue weighted by Crippen LogP contribution is 2.14. The first-order valence-electron chi connectivity index (χ1n) is 3.50. The topological polar surface area (TPSA) is 55.2 Å². The van der Waals surface area contributed by atoms with Crippen molar-refractivity contribution >= 4 is 26.1 Å². The van der Waals surface area contributed by atoms with Crippen LogP contribution in [0.4, 0.5) is 0 Å². The van der Waals surface area contributed by atoms with Crippen molar-refractivity contribution in [1.29, 1.82) is 0 Å².